The summed E-state index contributed by atoms with van der Waals surface area (Å²) in [6, 6.07) is 11.3. The number of nitrogens with one attached hydrogen (secondary N) is 1. The van der Waals surface area contributed by atoms with Gasteiger partial charge in [0.25, 0.3) is 0 Å². The van der Waals surface area contributed by atoms with Crippen LogP contribution in [0.25, 0.3) is 11.3 Å². The molecule has 1 aliphatic carbocycles. The average Bonchev–Trinajstić information content (AvgIpc) is 3.19. The van der Waals surface area contributed by atoms with E-state index in [1.165, 1.54) is 29.7 Å². The molecule has 3 heteroatoms. The summed E-state index contributed by atoms with van der Waals surface area (Å²) in [6.45, 7) is 4.10. The smallest absolute Gasteiger partial charge is 0.0727 e. The minimum atomic E-state index is 0.734. The molecular weight excluding hydrogens is 234 g/mol. The lowest BCUT2D eigenvalue weighted by Gasteiger charge is -2.09. The van der Waals surface area contributed by atoms with E-state index in [2.05, 4.69) is 52.4 Å². The van der Waals surface area contributed by atoms with Gasteiger partial charge in [0.1, 0.15) is 0 Å². The molecule has 0 amide bonds. The molecule has 2 aromatic rings. The predicted molar refractivity (Wildman–Crippen MR) is 77.8 cm³/mol. The Hall–Kier alpha value is -1.61. The van der Waals surface area contributed by atoms with Crippen LogP contribution in [0.15, 0.2) is 36.5 Å². The van der Waals surface area contributed by atoms with Crippen LogP contribution in [0.3, 0.4) is 0 Å². The van der Waals surface area contributed by atoms with Crippen LogP contribution in [0, 0.1) is 0 Å². The van der Waals surface area contributed by atoms with Crippen molar-refractivity contribution in [2.45, 2.75) is 45.3 Å². The van der Waals surface area contributed by atoms with Gasteiger partial charge in [-0.1, -0.05) is 37.3 Å². The van der Waals surface area contributed by atoms with E-state index < -0.39 is 0 Å². The maximum Gasteiger partial charge on any atom is 0.0727 e. The first kappa shape index (κ1) is 12.4. The number of benzene rings is 1. The van der Waals surface area contributed by atoms with Crippen molar-refractivity contribution in [2.75, 3.05) is 0 Å². The molecule has 100 valence electrons. The fourth-order valence-electron chi connectivity index (χ4n) is 2.41. The number of aryl methyl sites for hydroxylation is 1. The summed E-state index contributed by atoms with van der Waals surface area (Å²) in [5.41, 5.74) is 3.85. The standard InChI is InChI=1S/C16H21N3/c1-2-10-19-16(13-6-4-3-5-7-13)14(12-18-19)11-17-15-8-9-15/h3-7,12,15,17H,2,8-11H2,1H3. The summed E-state index contributed by atoms with van der Waals surface area (Å²) in [5, 5.41) is 8.14. The second kappa shape index (κ2) is 5.57. The Balaban J connectivity index is 1.90. The maximum atomic E-state index is 4.56. The SMILES string of the molecule is CCCn1ncc(CNC2CC2)c1-c1ccccc1. The van der Waals surface area contributed by atoms with Gasteiger partial charge in [0.05, 0.1) is 11.9 Å². The second-order valence-electron chi connectivity index (χ2n) is 5.26. The molecule has 3 nitrogen and oxygen atoms in total. The molecule has 1 fully saturated rings. The highest BCUT2D eigenvalue weighted by Crippen LogP contribution is 2.25. The fraction of sp³-hybridized carbons (Fsp3) is 0.438. The van der Waals surface area contributed by atoms with Gasteiger partial charge in [0, 0.05) is 30.3 Å². The molecule has 1 heterocycles. The van der Waals surface area contributed by atoms with E-state index in [-0.39, 0.29) is 0 Å². The molecular formula is C16H21N3. The first-order chi connectivity index (χ1) is 9.38. The van der Waals surface area contributed by atoms with Gasteiger partial charge in [-0.25, -0.2) is 0 Å². The third kappa shape index (κ3) is 2.87. The Labute approximate surface area is 114 Å². The van der Waals surface area contributed by atoms with Gasteiger partial charge in [-0.15, -0.1) is 0 Å². The van der Waals surface area contributed by atoms with Crippen LogP contribution in [0.5, 0.6) is 0 Å². The van der Waals surface area contributed by atoms with Gasteiger partial charge in [0.2, 0.25) is 0 Å². The van der Waals surface area contributed by atoms with Crippen molar-refractivity contribution in [2.24, 2.45) is 0 Å². The maximum absolute atomic E-state index is 4.56. The Morgan fingerprint density at radius 3 is 2.74 bits per heavy atom. The number of hydrogen-bond acceptors (Lipinski definition) is 2. The summed E-state index contributed by atoms with van der Waals surface area (Å²) in [6.07, 6.45) is 5.78. The molecule has 1 N–H and O–H groups in total. The van der Waals surface area contributed by atoms with Crippen LogP contribution in [0.2, 0.25) is 0 Å². The zero-order valence-corrected chi connectivity index (χ0v) is 11.5. The highest BCUT2D eigenvalue weighted by Gasteiger charge is 2.21. The Morgan fingerprint density at radius 2 is 2.05 bits per heavy atom. The molecule has 0 bridgehead atoms. The summed E-state index contributed by atoms with van der Waals surface area (Å²) in [4.78, 5) is 0. The molecule has 19 heavy (non-hydrogen) atoms. The summed E-state index contributed by atoms with van der Waals surface area (Å²) in [7, 11) is 0. The molecule has 0 spiro atoms. The lowest BCUT2D eigenvalue weighted by atomic mass is 10.1. The molecule has 0 unspecified atom stereocenters. The molecule has 0 atom stereocenters. The highest BCUT2D eigenvalue weighted by molar-refractivity contribution is 5.63. The first-order valence-corrected chi connectivity index (χ1v) is 7.22. The highest BCUT2D eigenvalue weighted by atomic mass is 15.3. The van der Waals surface area contributed by atoms with Crippen molar-refractivity contribution in [3.05, 3.63) is 42.1 Å². The van der Waals surface area contributed by atoms with Crippen LogP contribution in [0.4, 0.5) is 0 Å². The zero-order valence-electron chi connectivity index (χ0n) is 11.5. The lowest BCUT2D eigenvalue weighted by molar-refractivity contribution is 0.608. The monoisotopic (exact) mass is 255 g/mol. The largest absolute Gasteiger partial charge is 0.310 e. The molecule has 0 aliphatic heterocycles. The topological polar surface area (TPSA) is 29.9 Å². The van der Waals surface area contributed by atoms with E-state index in [1.54, 1.807) is 0 Å². The van der Waals surface area contributed by atoms with E-state index in [4.69, 9.17) is 0 Å². The first-order valence-electron chi connectivity index (χ1n) is 7.22. The molecule has 0 radical (unpaired) electrons. The van der Waals surface area contributed by atoms with Crippen LogP contribution in [-0.2, 0) is 13.1 Å². The van der Waals surface area contributed by atoms with Crippen LogP contribution < -0.4 is 5.32 Å². The summed E-state index contributed by atoms with van der Waals surface area (Å²) >= 11 is 0. The van der Waals surface area contributed by atoms with Gasteiger partial charge in [0.15, 0.2) is 0 Å². The Kier molecular flexibility index (Phi) is 3.65. The van der Waals surface area contributed by atoms with Gasteiger partial charge in [-0.2, -0.15) is 5.10 Å². The minimum Gasteiger partial charge on any atom is -0.310 e. The van der Waals surface area contributed by atoms with Crippen LogP contribution >= 0.6 is 0 Å². The number of nitrogens with zero attached hydrogens (tertiary/aromatic N) is 2. The van der Waals surface area contributed by atoms with Crippen molar-refractivity contribution in [1.29, 1.82) is 0 Å². The van der Waals surface area contributed by atoms with Gasteiger partial charge >= 0.3 is 0 Å². The molecule has 1 aliphatic rings. The minimum absolute atomic E-state index is 0.734. The molecule has 1 saturated carbocycles. The van der Waals surface area contributed by atoms with Gasteiger partial charge in [-0.05, 0) is 19.3 Å². The van der Waals surface area contributed by atoms with Gasteiger partial charge in [-0.3, -0.25) is 4.68 Å². The van der Waals surface area contributed by atoms with E-state index in [9.17, 15) is 0 Å². The van der Waals surface area contributed by atoms with Crippen molar-refractivity contribution < 1.29 is 0 Å². The third-order valence-corrected chi connectivity index (χ3v) is 3.56. The van der Waals surface area contributed by atoms with Crippen LogP contribution in [-0.4, -0.2) is 15.8 Å². The number of rotatable bonds is 6. The second-order valence-corrected chi connectivity index (χ2v) is 5.26. The summed E-state index contributed by atoms with van der Waals surface area (Å²) < 4.78 is 2.14. The van der Waals surface area contributed by atoms with Crippen molar-refractivity contribution in [1.82, 2.24) is 15.1 Å². The van der Waals surface area contributed by atoms with Crippen molar-refractivity contribution in [3.63, 3.8) is 0 Å². The Morgan fingerprint density at radius 1 is 1.26 bits per heavy atom. The van der Waals surface area contributed by atoms with Crippen molar-refractivity contribution >= 4 is 0 Å². The lowest BCUT2D eigenvalue weighted by Crippen LogP contribution is -2.15. The van der Waals surface area contributed by atoms with Crippen LogP contribution in [0.1, 0.15) is 31.7 Å². The van der Waals surface area contributed by atoms with E-state index in [1.807, 2.05) is 6.20 Å². The predicted octanol–water partition coefficient (Wildman–Crippen LogP) is 3.21. The number of hydrogen-bond donors (Lipinski definition) is 1. The summed E-state index contributed by atoms with van der Waals surface area (Å²) in [5.74, 6) is 0. The third-order valence-electron chi connectivity index (χ3n) is 3.56. The fourth-order valence-corrected chi connectivity index (χ4v) is 2.41. The normalized spacial score (nSPS) is 14.8. The zero-order chi connectivity index (χ0) is 13.1. The van der Waals surface area contributed by atoms with E-state index >= 15 is 0 Å². The Bertz CT molecular complexity index is 526. The quantitative estimate of drug-likeness (QED) is 0.859. The van der Waals surface area contributed by atoms with Gasteiger partial charge < -0.3 is 5.32 Å². The average molecular weight is 255 g/mol. The molecule has 1 aromatic carbocycles. The number of aromatic nitrogens is 2. The molecule has 1 aromatic heterocycles. The van der Waals surface area contributed by atoms with E-state index in [0.29, 0.717) is 0 Å². The molecule has 3 rings (SSSR count). The van der Waals surface area contributed by atoms with Crippen molar-refractivity contribution in [3.8, 4) is 11.3 Å². The van der Waals surface area contributed by atoms with E-state index in [0.717, 1.165) is 25.6 Å². The molecule has 0 saturated heterocycles.